The number of ether oxygens (including phenoxy) is 1. The largest absolute Gasteiger partial charge is 0.484 e. The maximum Gasteiger partial charge on any atom is 0.266 e. The van der Waals surface area contributed by atoms with Gasteiger partial charge in [0.2, 0.25) is 0 Å². The number of amides is 2. The standard InChI is InChI=1S/C14H14N2O3S2/c1-2-16-13(18)11(21-14(16)20)7-9-3-5-10(6-4-9)19-8-12(15)17/h3-7H,2,8H2,1H3,(H2,15,17). The first-order valence-electron chi connectivity index (χ1n) is 6.27. The van der Waals surface area contributed by atoms with Crippen molar-refractivity contribution in [3.63, 3.8) is 0 Å². The first-order chi connectivity index (χ1) is 10.0. The van der Waals surface area contributed by atoms with E-state index in [1.807, 2.05) is 6.92 Å². The molecule has 1 aliphatic rings. The summed E-state index contributed by atoms with van der Waals surface area (Å²) >= 11 is 6.45. The molecule has 1 aliphatic heterocycles. The average Bonchev–Trinajstić information content (AvgIpc) is 2.72. The van der Waals surface area contributed by atoms with Gasteiger partial charge >= 0.3 is 0 Å². The van der Waals surface area contributed by atoms with Gasteiger partial charge in [0.25, 0.3) is 11.8 Å². The van der Waals surface area contributed by atoms with Crippen LogP contribution in [0.25, 0.3) is 6.08 Å². The molecule has 0 spiro atoms. The minimum Gasteiger partial charge on any atom is -0.484 e. The Bertz CT molecular complexity index is 611. The third kappa shape index (κ3) is 3.83. The molecule has 0 unspecified atom stereocenters. The lowest BCUT2D eigenvalue weighted by Crippen LogP contribution is -2.27. The predicted molar refractivity (Wildman–Crippen MR) is 86.7 cm³/mol. The van der Waals surface area contributed by atoms with E-state index in [2.05, 4.69) is 0 Å². The summed E-state index contributed by atoms with van der Waals surface area (Å²) in [5, 5.41) is 0. The Hall–Kier alpha value is -1.86. The van der Waals surface area contributed by atoms with Gasteiger partial charge in [-0.15, -0.1) is 0 Å². The molecule has 2 rings (SSSR count). The van der Waals surface area contributed by atoms with Crippen molar-refractivity contribution in [2.24, 2.45) is 5.73 Å². The SMILES string of the molecule is CCN1C(=O)C(=Cc2ccc(OCC(N)=O)cc2)SC1=S. The molecule has 0 aliphatic carbocycles. The van der Waals surface area contributed by atoms with E-state index >= 15 is 0 Å². The van der Waals surface area contributed by atoms with Crippen LogP contribution in [0.3, 0.4) is 0 Å². The van der Waals surface area contributed by atoms with E-state index in [0.717, 1.165) is 5.56 Å². The molecule has 5 nitrogen and oxygen atoms in total. The summed E-state index contributed by atoms with van der Waals surface area (Å²) in [4.78, 5) is 24.9. The minimum absolute atomic E-state index is 0.0680. The van der Waals surface area contributed by atoms with Crippen LogP contribution in [0.15, 0.2) is 29.2 Å². The molecule has 21 heavy (non-hydrogen) atoms. The predicted octanol–water partition coefficient (Wildman–Crippen LogP) is 1.77. The second-order valence-electron chi connectivity index (χ2n) is 4.25. The fraction of sp³-hybridized carbons (Fsp3) is 0.214. The van der Waals surface area contributed by atoms with Gasteiger partial charge in [0, 0.05) is 6.54 Å². The molecule has 1 saturated heterocycles. The van der Waals surface area contributed by atoms with E-state index in [1.165, 1.54) is 11.8 Å². The monoisotopic (exact) mass is 322 g/mol. The molecule has 2 N–H and O–H groups in total. The summed E-state index contributed by atoms with van der Waals surface area (Å²) in [6.45, 7) is 2.30. The van der Waals surface area contributed by atoms with Gasteiger partial charge in [-0.25, -0.2) is 0 Å². The molecule has 0 atom stereocenters. The highest BCUT2D eigenvalue weighted by molar-refractivity contribution is 8.26. The zero-order valence-corrected chi connectivity index (χ0v) is 13.0. The number of hydrogen-bond donors (Lipinski definition) is 1. The van der Waals surface area contributed by atoms with Crippen molar-refractivity contribution in [3.8, 4) is 5.75 Å². The van der Waals surface area contributed by atoms with Crippen LogP contribution in [0.1, 0.15) is 12.5 Å². The lowest BCUT2D eigenvalue weighted by molar-refractivity contribution is -0.122. The van der Waals surface area contributed by atoms with Crippen molar-refractivity contribution in [1.29, 1.82) is 0 Å². The Morgan fingerprint density at radius 2 is 2.10 bits per heavy atom. The highest BCUT2D eigenvalue weighted by Crippen LogP contribution is 2.32. The average molecular weight is 322 g/mol. The van der Waals surface area contributed by atoms with Crippen molar-refractivity contribution in [2.75, 3.05) is 13.2 Å². The Balaban J connectivity index is 2.09. The van der Waals surface area contributed by atoms with E-state index < -0.39 is 5.91 Å². The summed E-state index contributed by atoms with van der Waals surface area (Å²) < 4.78 is 5.75. The number of thiocarbonyl (C=S) groups is 1. The quantitative estimate of drug-likeness (QED) is 0.661. The Kier molecular flexibility index (Phi) is 4.98. The molecule has 1 aromatic carbocycles. The Morgan fingerprint density at radius 3 is 2.62 bits per heavy atom. The summed E-state index contributed by atoms with van der Waals surface area (Å²) in [5.41, 5.74) is 5.86. The highest BCUT2D eigenvalue weighted by atomic mass is 32.2. The second kappa shape index (κ2) is 6.73. The number of thioether (sulfide) groups is 1. The van der Waals surface area contributed by atoms with Crippen molar-refractivity contribution in [2.45, 2.75) is 6.92 Å². The lowest BCUT2D eigenvalue weighted by atomic mass is 10.2. The van der Waals surface area contributed by atoms with Crippen LogP contribution in [0.5, 0.6) is 5.75 Å². The third-order valence-corrected chi connectivity index (χ3v) is 4.13. The number of nitrogens with zero attached hydrogens (tertiary/aromatic N) is 1. The minimum atomic E-state index is -0.526. The molecule has 0 saturated carbocycles. The number of likely N-dealkylation sites (N-methyl/N-ethyl adjacent to an activating group) is 1. The Labute approximate surface area is 132 Å². The summed E-state index contributed by atoms with van der Waals surface area (Å²) in [6, 6.07) is 7.04. The Morgan fingerprint density at radius 1 is 1.43 bits per heavy atom. The van der Waals surface area contributed by atoms with E-state index in [1.54, 1.807) is 35.2 Å². The first-order valence-corrected chi connectivity index (χ1v) is 7.50. The third-order valence-electron chi connectivity index (χ3n) is 2.75. The fourth-order valence-electron chi connectivity index (χ4n) is 1.74. The maximum atomic E-state index is 12.1. The van der Waals surface area contributed by atoms with E-state index in [9.17, 15) is 9.59 Å². The maximum absolute atomic E-state index is 12.1. The van der Waals surface area contributed by atoms with E-state index in [4.69, 9.17) is 22.7 Å². The second-order valence-corrected chi connectivity index (χ2v) is 5.93. The van der Waals surface area contributed by atoms with Gasteiger partial charge in [0.05, 0.1) is 4.91 Å². The molecule has 7 heteroatoms. The number of primary amides is 1. The molecule has 0 radical (unpaired) electrons. The van der Waals surface area contributed by atoms with Gasteiger partial charge in [-0.2, -0.15) is 0 Å². The molecule has 0 bridgehead atoms. The van der Waals surface area contributed by atoms with Gasteiger partial charge in [0.1, 0.15) is 10.1 Å². The molecule has 1 aromatic rings. The highest BCUT2D eigenvalue weighted by Gasteiger charge is 2.30. The molecule has 2 amide bonds. The van der Waals surface area contributed by atoms with E-state index in [-0.39, 0.29) is 12.5 Å². The van der Waals surface area contributed by atoms with Gasteiger partial charge in [-0.3, -0.25) is 14.5 Å². The number of carbonyl (C=O) groups excluding carboxylic acids is 2. The van der Waals surface area contributed by atoms with Gasteiger partial charge in [-0.1, -0.05) is 36.1 Å². The lowest BCUT2D eigenvalue weighted by Gasteiger charge is -2.09. The number of rotatable bonds is 5. The molecule has 0 aromatic heterocycles. The summed E-state index contributed by atoms with van der Waals surface area (Å²) in [5.74, 6) is -0.0454. The van der Waals surface area contributed by atoms with Gasteiger partial charge in [0.15, 0.2) is 6.61 Å². The van der Waals surface area contributed by atoms with Crippen LogP contribution in [0.2, 0.25) is 0 Å². The van der Waals surface area contributed by atoms with Crippen LogP contribution in [-0.2, 0) is 9.59 Å². The van der Waals surface area contributed by atoms with Crippen molar-refractivity contribution < 1.29 is 14.3 Å². The van der Waals surface area contributed by atoms with Crippen LogP contribution in [0, 0.1) is 0 Å². The zero-order valence-electron chi connectivity index (χ0n) is 11.4. The number of nitrogens with two attached hydrogens (primary N) is 1. The van der Waals surface area contributed by atoms with Crippen molar-refractivity contribution >= 4 is 46.2 Å². The number of benzene rings is 1. The number of carbonyl (C=O) groups is 2. The van der Waals surface area contributed by atoms with Crippen LogP contribution in [0.4, 0.5) is 0 Å². The number of hydrogen-bond acceptors (Lipinski definition) is 5. The zero-order chi connectivity index (χ0) is 15.4. The van der Waals surface area contributed by atoms with Gasteiger partial charge in [-0.05, 0) is 30.7 Å². The van der Waals surface area contributed by atoms with Crippen LogP contribution >= 0.6 is 24.0 Å². The van der Waals surface area contributed by atoms with Crippen LogP contribution < -0.4 is 10.5 Å². The van der Waals surface area contributed by atoms with Crippen molar-refractivity contribution in [3.05, 3.63) is 34.7 Å². The molecular weight excluding hydrogens is 308 g/mol. The molecule has 1 heterocycles. The van der Waals surface area contributed by atoms with Gasteiger partial charge < -0.3 is 10.5 Å². The van der Waals surface area contributed by atoms with Crippen molar-refractivity contribution in [1.82, 2.24) is 4.90 Å². The smallest absolute Gasteiger partial charge is 0.266 e. The normalized spacial score (nSPS) is 16.6. The summed E-state index contributed by atoms with van der Waals surface area (Å²) in [6.07, 6.45) is 1.78. The topological polar surface area (TPSA) is 72.6 Å². The molecular formula is C14H14N2O3S2. The first kappa shape index (κ1) is 15.5. The fourth-order valence-corrected chi connectivity index (χ4v) is 3.12. The molecule has 1 fully saturated rings. The summed E-state index contributed by atoms with van der Waals surface area (Å²) in [7, 11) is 0. The molecule has 110 valence electrons. The van der Waals surface area contributed by atoms with E-state index in [0.29, 0.717) is 21.5 Å². The van der Waals surface area contributed by atoms with Crippen LogP contribution in [-0.4, -0.2) is 34.2 Å².